The van der Waals surface area contributed by atoms with Crippen molar-refractivity contribution in [1.82, 2.24) is 5.32 Å². The summed E-state index contributed by atoms with van der Waals surface area (Å²) in [5.41, 5.74) is 7.81. The van der Waals surface area contributed by atoms with Crippen LogP contribution in [0.1, 0.15) is 34.7 Å². The minimum atomic E-state index is -4.60. The summed E-state index contributed by atoms with van der Waals surface area (Å²) in [5, 5.41) is 12.3. The molecule has 1 aliphatic heterocycles. The normalized spacial score (nSPS) is 16.5. The molecule has 3 nitrogen and oxygen atoms in total. The topological polar surface area (TPSA) is 61.8 Å². The molecule has 0 fully saturated rings. The van der Waals surface area contributed by atoms with Gasteiger partial charge in [0.25, 0.3) is 0 Å². The first kappa shape index (κ1) is 20.8. The number of rotatable bonds is 4. The predicted molar refractivity (Wildman–Crippen MR) is 107 cm³/mol. The van der Waals surface area contributed by atoms with Crippen molar-refractivity contribution in [1.29, 1.82) is 5.26 Å². The number of hydrogen-bond donors (Lipinski definition) is 2. The van der Waals surface area contributed by atoms with Gasteiger partial charge >= 0.3 is 6.18 Å². The number of nitrogens with zero attached hydrogens (tertiary/aromatic N) is 1. The molecule has 0 aliphatic carbocycles. The lowest BCUT2D eigenvalue weighted by Crippen LogP contribution is -2.22. The fourth-order valence-electron chi connectivity index (χ4n) is 3.15. The van der Waals surface area contributed by atoms with Crippen molar-refractivity contribution in [3.05, 3.63) is 82.3 Å². The Labute approximate surface area is 169 Å². The van der Waals surface area contributed by atoms with E-state index in [1.54, 1.807) is 12.1 Å². The van der Waals surface area contributed by atoms with Gasteiger partial charge in [-0.05, 0) is 42.3 Å². The summed E-state index contributed by atoms with van der Waals surface area (Å²) in [6.45, 7) is 5.50. The lowest BCUT2D eigenvalue weighted by atomic mass is 10.0. The Morgan fingerprint density at radius 2 is 2.00 bits per heavy atom. The van der Waals surface area contributed by atoms with Crippen LogP contribution in [0.5, 0.6) is 0 Å². The number of alkyl halides is 3. The summed E-state index contributed by atoms with van der Waals surface area (Å²) in [6.07, 6.45) is -4.40. The van der Waals surface area contributed by atoms with Crippen molar-refractivity contribution in [2.24, 2.45) is 5.73 Å². The molecule has 0 spiro atoms. The fourth-order valence-corrected chi connectivity index (χ4v) is 4.44. The van der Waals surface area contributed by atoms with E-state index in [0.717, 1.165) is 28.3 Å². The molecule has 8 heteroatoms. The van der Waals surface area contributed by atoms with Gasteiger partial charge in [0.2, 0.25) is 0 Å². The number of nitrogens with two attached hydrogens (primary N) is 1. The average molecular weight is 419 g/mol. The molecule has 0 saturated heterocycles. The summed E-state index contributed by atoms with van der Waals surface area (Å²) >= 11 is 1.42. The summed E-state index contributed by atoms with van der Waals surface area (Å²) in [4.78, 5) is 0.869. The first-order chi connectivity index (χ1) is 13.6. The van der Waals surface area contributed by atoms with E-state index in [4.69, 9.17) is 5.73 Å². The average Bonchev–Trinajstić information content (AvgIpc) is 2.99. The van der Waals surface area contributed by atoms with Crippen molar-refractivity contribution in [3.63, 3.8) is 0 Å². The minimum absolute atomic E-state index is 0.204. The van der Waals surface area contributed by atoms with Crippen LogP contribution < -0.4 is 11.1 Å². The van der Waals surface area contributed by atoms with E-state index in [1.165, 1.54) is 11.8 Å². The molecule has 150 valence electrons. The van der Waals surface area contributed by atoms with Gasteiger partial charge in [0.05, 0.1) is 22.6 Å². The van der Waals surface area contributed by atoms with E-state index in [2.05, 4.69) is 18.0 Å². The zero-order valence-corrected chi connectivity index (χ0v) is 16.2. The lowest BCUT2D eigenvalue weighted by Gasteiger charge is -2.14. The molecule has 2 aromatic rings. The molecular weight excluding hydrogens is 402 g/mol. The van der Waals surface area contributed by atoms with E-state index < -0.39 is 17.6 Å². The zero-order valence-electron chi connectivity index (χ0n) is 15.4. The Hall–Kier alpha value is -2.92. The van der Waals surface area contributed by atoms with Crippen molar-refractivity contribution in [2.45, 2.75) is 24.9 Å². The Morgan fingerprint density at radius 3 is 2.62 bits per heavy atom. The summed E-state index contributed by atoms with van der Waals surface area (Å²) in [5.74, 6) is -0.918. The number of halogens is 4. The first-order valence-corrected chi connectivity index (χ1v) is 9.46. The van der Waals surface area contributed by atoms with Crippen LogP contribution in [0.15, 0.2) is 48.7 Å². The molecule has 1 unspecified atom stereocenters. The highest BCUT2D eigenvalue weighted by atomic mass is 32.2. The molecule has 3 N–H and O–H groups in total. The largest absolute Gasteiger partial charge is 0.416 e. The van der Waals surface area contributed by atoms with Crippen LogP contribution in [0.25, 0.3) is 10.6 Å². The molecule has 29 heavy (non-hydrogen) atoms. The van der Waals surface area contributed by atoms with E-state index >= 15 is 0 Å². The number of thioether (sulfide) groups is 1. The van der Waals surface area contributed by atoms with Crippen LogP contribution in [0.4, 0.5) is 17.6 Å². The van der Waals surface area contributed by atoms with E-state index in [0.29, 0.717) is 22.9 Å². The van der Waals surface area contributed by atoms with Crippen LogP contribution in [0.3, 0.4) is 0 Å². The quantitative estimate of drug-likeness (QED) is 0.666. The third kappa shape index (κ3) is 4.57. The van der Waals surface area contributed by atoms with E-state index in [-0.39, 0.29) is 17.4 Å². The molecule has 2 aromatic carbocycles. The Kier molecular flexibility index (Phi) is 5.62. The van der Waals surface area contributed by atoms with Gasteiger partial charge in [-0.1, -0.05) is 30.5 Å². The monoisotopic (exact) mass is 419 g/mol. The summed E-state index contributed by atoms with van der Waals surface area (Å²) < 4.78 is 52.4. The number of nitriles is 1. The van der Waals surface area contributed by atoms with Gasteiger partial charge in [-0.3, -0.25) is 0 Å². The second kappa shape index (κ2) is 7.84. The standard InChI is InChI=1S/C21H17F4N3S/c1-11(27)18-4-3-14(8-15(18)10-26)20-12(2)28-19(29-20)7-13-5-16(21(23,24)25)9-17(22)6-13/h3-6,8-9,19,28H,1,7,27H2,2H3. The number of benzene rings is 2. The number of allylic oxidation sites excluding steroid dienone is 1. The first-order valence-electron chi connectivity index (χ1n) is 8.58. The molecule has 3 rings (SSSR count). The Morgan fingerprint density at radius 1 is 1.28 bits per heavy atom. The second-order valence-corrected chi connectivity index (χ2v) is 7.87. The molecule has 0 amide bonds. The molecule has 1 aliphatic rings. The lowest BCUT2D eigenvalue weighted by molar-refractivity contribution is -0.137. The smallest absolute Gasteiger partial charge is 0.399 e. The maximum Gasteiger partial charge on any atom is 0.416 e. The van der Waals surface area contributed by atoms with Gasteiger partial charge in [0.1, 0.15) is 5.82 Å². The highest BCUT2D eigenvalue weighted by Crippen LogP contribution is 2.40. The van der Waals surface area contributed by atoms with Crippen LogP contribution in [0.2, 0.25) is 0 Å². The van der Waals surface area contributed by atoms with Crippen LogP contribution in [-0.2, 0) is 12.6 Å². The zero-order chi connectivity index (χ0) is 21.3. The molecular formula is C21H17F4N3S. The Balaban J connectivity index is 1.82. The van der Waals surface area contributed by atoms with Gasteiger partial charge in [-0.15, -0.1) is 0 Å². The third-order valence-corrected chi connectivity index (χ3v) is 5.78. The van der Waals surface area contributed by atoms with Gasteiger partial charge < -0.3 is 11.1 Å². The van der Waals surface area contributed by atoms with Crippen molar-refractivity contribution in [2.75, 3.05) is 0 Å². The fraction of sp³-hybridized carbons (Fsp3) is 0.190. The third-order valence-electron chi connectivity index (χ3n) is 4.43. The second-order valence-electron chi connectivity index (χ2n) is 6.65. The van der Waals surface area contributed by atoms with E-state index in [1.807, 2.05) is 13.0 Å². The molecule has 1 atom stereocenters. The van der Waals surface area contributed by atoms with Crippen molar-refractivity contribution < 1.29 is 17.6 Å². The summed E-state index contributed by atoms with van der Waals surface area (Å²) in [6, 6.07) is 9.89. The number of nitrogens with one attached hydrogen (secondary N) is 1. The van der Waals surface area contributed by atoms with Gasteiger partial charge in [0.15, 0.2) is 0 Å². The van der Waals surface area contributed by atoms with Crippen LogP contribution in [0, 0.1) is 17.1 Å². The minimum Gasteiger partial charge on any atom is -0.399 e. The maximum atomic E-state index is 13.7. The van der Waals surface area contributed by atoms with Crippen molar-refractivity contribution >= 4 is 22.4 Å². The van der Waals surface area contributed by atoms with Crippen molar-refractivity contribution in [3.8, 4) is 6.07 Å². The maximum absolute atomic E-state index is 13.7. The SMILES string of the molecule is C=C(N)c1ccc(C2=C(C)NC(Cc3cc(F)cc(C(F)(F)F)c3)S2)cc1C#N. The molecule has 0 bridgehead atoms. The van der Waals surface area contributed by atoms with Gasteiger partial charge in [-0.2, -0.15) is 18.4 Å². The highest BCUT2D eigenvalue weighted by Gasteiger charge is 2.32. The molecule has 0 aromatic heterocycles. The summed E-state index contributed by atoms with van der Waals surface area (Å²) in [7, 11) is 0. The highest BCUT2D eigenvalue weighted by molar-refractivity contribution is 8.09. The molecule has 0 saturated carbocycles. The van der Waals surface area contributed by atoms with Gasteiger partial charge in [0, 0.05) is 28.3 Å². The molecule has 1 heterocycles. The van der Waals surface area contributed by atoms with Gasteiger partial charge in [-0.25, -0.2) is 4.39 Å². The number of hydrogen-bond acceptors (Lipinski definition) is 4. The Bertz CT molecular complexity index is 1050. The van der Waals surface area contributed by atoms with Crippen LogP contribution >= 0.6 is 11.8 Å². The van der Waals surface area contributed by atoms with E-state index in [9.17, 15) is 22.8 Å². The van der Waals surface area contributed by atoms with Crippen LogP contribution in [-0.4, -0.2) is 5.37 Å². The molecule has 0 radical (unpaired) electrons. The predicted octanol–water partition coefficient (Wildman–Crippen LogP) is 5.24.